The predicted molar refractivity (Wildman–Crippen MR) is 76.4 cm³/mol. The van der Waals surface area contributed by atoms with Crippen LogP contribution in [0.25, 0.3) is 10.2 Å². The number of carboxylic acids is 1. The van der Waals surface area contributed by atoms with Crippen molar-refractivity contribution in [2.24, 2.45) is 0 Å². The number of thiophene rings is 1. The number of nitrogens with zero attached hydrogens (tertiary/aromatic N) is 2. The minimum absolute atomic E-state index is 0.0766. The van der Waals surface area contributed by atoms with Gasteiger partial charge in [-0.25, -0.2) is 9.78 Å². The first-order chi connectivity index (χ1) is 9.65. The van der Waals surface area contributed by atoms with E-state index in [4.69, 9.17) is 5.11 Å². The number of hydrogen-bond acceptors (Lipinski definition) is 4. The molecule has 0 radical (unpaired) electrons. The lowest BCUT2D eigenvalue weighted by Crippen LogP contribution is -2.20. The average Bonchev–Trinajstić information content (AvgIpc) is 2.92. The number of rotatable bonds is 3. The SMILES string of the molecule is O=C(O)c1ccc(Cn2cnc3ccsc3c2=O)cc1. The normalized spacial score (nSPS) is 10.8. The Morgan fingerprint density at radius 1 is 1.25 bits per heavy atom. The predicted octanol–water partition coefficient (Wildman–Crippen LogP) is 2.20. The van der Waals surface area contributed by atoms with Crippen molar-refractivity contribution in [2.75, 3.05) is 0 Å². The van der Waals surface area contributed by atoms with Gasteiger partial charge in [0, 0.05) is 0 Å². The van der Waals surface area contributed by atoms with Crippen molar-refractivity contribution in [1.29, 1.82) is 0 Å². The van der Waals surface area contributed by atoms with E-state index in [-0.39, 0.29) is 11.1 Å². The third-order valence-electron chi connectivity index (χ3n) is 2.99. The molecule has 0 amide bonds. The van der Waals surface area contributed by atoms with Gasteiger partial charge in [-0.3, -0.25) is 9.36 Å². The Bertz CT molecular complexity index is 833. The summed E-state index contributed by atoms with van der Waals surface area (Å²) in [7, 11) is 0. The first kappa shape index (κ1) is 12.6. The summed E-state index contributed by atoms with van der Waals surface area (Å²) in [5, 5.41) is 10.7. The van der Waals surface area contributed by atoms with Crippen molar-refractivity contribution in [3.05, 3.63) is 63.5 Å². The molecule has 5 nitrogen and oxygen atoms in total. The highest BCUT2D eigenvalue weighted by molar-refractivity contribution is 7.17. The zero-order valence-electron chi connectivity index (χ0n) is 10.3. The third-order valence-corrected chi connectivity index (χ3v) is 3.88. The Hall–Kier alpha value is -2.47. The Morgan fingerprint density at radius 2 is 2.00 bits per heavy atom. The van der Waals surface area contributed by atoms with E-state index >= 15 is 0 Å². The maximum absolute atomic E-state index is 12.2. The number of hydrogen-bond donors (Lipinski definition) is 1. The van der Waals surface area contributed by atoms with E-state index in [0.29, 0.717) is 16.8 Å². The van der Waals surface area contributed by atoms with Crippen LogP contribution in [0, 0.1) is 0 Å². The summed E-state index contributed by atoms with van der Waals surface area (Å²) >= 11 is 1.37. The number of fused-ring (bicyclic) bond motifs is 1. The fraction of sp³-hybridized carbons (Fsp3) is 0.0714. The van der Waals surface area contributed by atoms with Gasteiger partial charge in [0.05, 0.1) is 24.0 Å². The van der Waals surface area contributed by atoms with Gasteiger partial charge in [-0.2, -0.15) is 0 Å². The molecule has 20 heavy (non-hydrogen) atoms. The second-order valence-electron chi connectivity index (χ2n) is 4.31. The molecule has 0 fully saturated rings. The van der Waals surface area contributed by atoms with E-state index in [9.17, 15) is 9.59 Å². The molecular formula is C14H10N2O3S. The van der Waals surface area contributed by atoms with Crippen LogP contribution in [0.1, 0.15) is 15.9 Å². The molecule has 1 aromatic carbocycles. The highest BCUT2D eigenvalue weighted by Crippen LogP contribution is 2.13. The van der Waals surface area contributed by atoms with Crippen molar-refractivity contribution in [3.63, 3.8) is 0 Å². The first-order valence-electron chi connectivity index (χ1n) is 5.90. The van der Waals surface area contributed by atoms with E-state index < -0.39 is 5.97 Å². The van der Waals surface area contributed by atoms with Crippen LogP contribution in [-0.2, 0) is 6.54 Å². The molecule has 0 bridgehead atoms. The second kappa shape index (κ2) is 4.90. The van der Waals surface area contributed by atoms with Crippen LogP contribution >= 0.6 is 11.3 Å². The molecule has 3 aromatic rings. The van der Waals surface area contributed by atoms with Crippen molar-refractivity contribution < 1.29 is 9.90 Å². The Morgan fingerprint density at radius 3 is 2.70 bits per heavy atom. The molecule has 0 saturated heterocycles. The van der Waals surface area contributed by atoms with E-state index in [1.165, 1.54) is 34.4 Å². The van der Waals surface area contributed by atoms with Gasteiger partial charge in [0.1, 0.15) is 4.70 Å². The van der Waals surface area contributed by atoms with Gasteiger partial charge < -0.3 is 5.11 Å². The molecule has 2 heterocycles. The molecule has 0 unspecified atom stereocenters. The highest BCUT2D eigenvalue weighted by atomic mass is 32.1. The van der Waals surface area contributed by atoms with Gasteiger partial charge >= 0.3 is 5.97 Å². The van der Waals surface area contributed by atoms with Gasteiger partial charge in [0.15, 0.2) is 0 Å². The lowest BCUT2D eigenvalue weighted by molar-refractivity contribution is 0.0697. The molecule has 1 N–H and O–H groups in total. The summed E-state index contributed by atoms with van der Waals surface area (Å²) in [6, 6.07) is 8.27. The van der Waals surface area contributed by atoms with E-state index in [0.717, 1.165) is 5.56 Å². The van der Waals surface area contributed by atoms with Crippen LogP contribution in [0.4, 0.5) is 0 Å². The molecule has 0 saturated carbocycles. The maximum atomic E-state index is 12.2. The van der Waals surface area contributed by atoms with Crippen LogP contribution in [0.3, 0.4) is 0 Å². The zero-order chi connectivity index (χ0) is 14.1. The molecular weight excluding hydrogens is 276 g/mol. The number of carbonyl (C=O) groups is 1. The minimum atomic E-state index is -0.963. The molecule has 0 aliphatic carbocycles. The Kier molecular flexibility index (Phi) is 3.08. The van der Waals surface area contributed by atoms with Gasteiger partial charge in [0.2, 0.25) is 0 Å². The quantitative estimate of drug-likeness (QED) is 0.801. The van der Waals surface area contributed by atoms with Crippen molar-refractivity contribution in [1.82, 2.24) is 9.55 Å². The molecule has 0 aliphatic rings. The fourth-order valence-corrected chi connectivity index (χ4v) is 2.73. The smallest absolute Gasteiger partial charge is 0.335 e. The number of benzene rings is 1. The van der Waals surface area contributed by atoms with Crippen LogP contribution in [0.15, 0.2) is 46.8 Å². The summed E-state index contributed by atoms with van der Waals surface area (Å²) < 4.78 is 2.16. The lowest BCUT2D eigenvalue weighted by Gasteiger charge is -2.05. The van der Waals surface area contributed by atoms with E-state index in [2.05, 4.69) is 4.98 Å². The Balaban J connectivity index is 1.94. The zero-order valence-corrected chi connectivity index (χ0v) is 11.1. The highest BCUT2D eigenvalue weighted by Gasteiger charge is 2.06. The topological polar surface area (TPSA) is 72.2 Å². The molecule has 0 spiro atoms. The van der Waals surface area contributed by atoms with Gasteiger partial charge in [0.25, 0.3) is 5.56 Å². The summed E-state index contributed by atoms with van der Waals surface area (Å²) in [5.41, 5.74) is 1.72. The molecule has 3 rings (SSSR count). The van der Waals surface area contributed by atoms with Crippen LogP contribution in [-0.4, -0.2) is 20.6 Å². The van der Waals surface area contributed by atoms with Crippen molar-refractivity contribution in [3.8, 4) is 0 Å². The van der Waals surface area contributed by atoms with Crippen LogP contribution in [0.2, 0.25) is 0 Å². The lowest BCUT2D eigenvalue weighted by atomic mass is 10.1. The van der Waals surface area contributed by atoms with Crippen LogP contribution < -0.4 is 5.56 Å². The van der Waals surface area contributed by atoms with Crippen molar-refractivity contribution >= 4 is 27.5 Å². The van der Waals surface area contributed by atoms with E-state index in [1.807, 2.05) is 11.4 Å². The number of aromatic carboxylic acids is 1. The minimum Gasteiger partial charge on any atom is -0.478 e. The number of carboxylic acid groups (broad SMARTS) is 1. The van der Waals surface area contributed by atoms with Gasteiger partial charge in [-0.1, -0.05) is 12.1 Å². The average molecular weight is 286 g/mol. The van der Waals surface area contributed by atoms with Crippen molar-refractivity contribution in [2.45, 2.75) is 6.54 Å². The van der Waals surface area contributed by atoms with E-state index in [1.54, 1.807) is 12.1 Å². The molecule has 0 aliphatic heterocycles. The standard InChI is InChI=1S/C14H10N2O3S/c17-13-12-11(5-6-20-12)15-8-16(13)7-9-1-3-10(4-2-9)14(18)19/h1-6,8H,7H2,(H,18,19). The third kappa shape index (κ3) is 2.21. The first-order valence-corrected chi connectivity index (χ1v) is 6.78. The maximum Gasteiger partial charge on any atom is 0.335 e. The molecule has 0 atom stereocenters. The Labute approximate surface area is 117 Å². The monoisotopic (exact) mass is 286 g/mol. The summed E-state index contributed by atoms with van der Waals surface area (Å²) in [6.45, 7) is 0.375. The molecule has 2 aromatic heterocycles. The fourth-order valence-electron chi connectivity index (χ4n) is 1.94. The largest absolute Gasteiger partial charge is 0.478 e. The second-order valence-corrected chi connectivity index (χ2v) is 5.23. The molecule has 6 heteroatoms. The summed E-state index contributed by atoms with van der Waals surface area (Å²) in [4.78, 5) is 27.2. The molecule has 100 valence electrons. The van der Waals surface area contributed by atoms with Gasteiger partial charge in [-0.15, -0.1) is 11.3 Å². The van der Waals surface area contributed by atoms with Gasteiger partial charge in [-0.05, 0) is 29.1 Å². The number of aromatic nitrogens is 2. The van der Waals surface area contributed by atoms with Crippen LogP contribution in [0.5, 0.6) is 0 Å². The summed E-state index contributed by atoms with van der Waals surface area (Å²) in [5.74, 6) is -0.963. The summed E-state index contributed by atoms with van der Waals surface area (Å²) in [6.07, 6.45) is 1.52.